The number of rotatable bonds is 2. The fourth-order valence-electron chi connectivity index (χ4n) is 0.880. The zero-order chi connectivity index (χ0) is 10.7. The van der Waals surface area contributed by atoms with Crippen molar-refractivity contribution in [2.45, 2.75) is 12.8 Å². The summed E-state index contributed by atoms with van der Waals surface area (Å²) in [6, 6.07) is 2.53. The maximum atomic E-state index is 12.9. The maximum absolute atomic E-state index is 12.9. The standard InChI is InChI=1S/C8H4ClF3N2/c9-7-4(1-2-13)3-5(10)6(14-7)8(11)12/h3,8H,1H2. The Labute approximate surface area is 82.9 Å². The quantitative estimate of drug-likeness (QED) is 0.719. The summed E-state index contributed by atoms with van der Waals surface area (Å²) >= 11 is 5.46. The Morgan fingerprint density at radius 1 is 1.57 bits per heavy atom. The molecule has 0 unspecified atom stereocenters. The number of nitrogens with zero attached hydrogens (tertiary/aromatic N) is 2. The topological polar surface area (TPSA) is 36.7 Å². The first-order valence-electron chi connectivity index (χ1n) is 3.56. The molecule has 0 saturated heterocycles. The molecule has 2 nitrogen and oxygen atoms in total. The van der Waals surface area contributed by atoms with Crippen molar-refractivity contribution in [2.24, 2.45) is 0 Å². The summed E-state index contributed by atoms with van der Waals surface area (Å²) in [7, 11) is 0. The second-order valence-electron chi connectivity index (χ2n) is 2.44. The summed E-state index contributed by atoms with van der Waals surface area (Å²) in [5, 5.41) is 8.05. The fraction of sp³-hybridized carbons (Fsp3) is 0.250. The average Bonchev–Trinajstić information content (AvgIpc) is 2.10. The molecule has 1 rings (SSSR count). The van der Waals surface area contributed by atoms with Gasteiger partial charge in [0.25, 0.3) is 6.43 Å². The molecule has 14 heavy (non-hydrogen) atoms. The smallest absolute Gasteiger partial charge is 0.232 e. The average molecular weight is 221 g/mol. The first-order chi connectivity index (χ1) is 6.56. The van der Waals surface area contributed by atoms with Gasteiger partial charge in [0.15, 0.2) is 5.82 Å². The largest absolute Gasteiger partial charge is 0.283 e. The van der Waals surface area contributed by atoms with Crippen LogP contribution < -0.4 is 0 Å². The van der Waals surface area contributed by atoms with Gasteiger partial charge in [0.1, 0.15) is 10.8 Å². The molecule has 0 bridgehead atoms. The monoisotopic (exact) mass is 220 g/mol. The van der Waals surface area contributed by atoms with E-state index in [4.69, 9.17) is 16.9 Å². The van der Waals surface area contributed by atoms with Crippen LogP contribution in [0, 0.1) is 17.1 Å². The third kappa shape index (κ3) is 2.15. The van der Waals surface area contributed by atoms with Crippen LogP contribution in [0.25, 0.3) is 0 Å². The number of alkyl halides is 2. The van der Waals surface area contributed by atoms with Gasteiger partial charge in [-0.1, -0.05) is 11.6 Å². The fourth-order valence-corrected chi connectivity index (χ4v) is 1.09. The second-order valence-corrected chi connectivity index (χ2v) is 2.80. The van der Waals surface area contributed by atoms with Gasteiger partial charge in [-0.3, -0.25) is 0 Å². The Bertz CT molecular complexity index is 387. The first kappa shape index (κ1) is 10.8. The summed E-state index contributed by atoms with van der Waals surface area (Å²) in [4.78, 5) is 3.18. The number of pyridine rings is 1. The molecule has 1 aromatic rings. The SMILES string of the molecule is N#CCc1cc(F)c(C(F)F)nc1Cl. The highest BCUT2D eigenvalue weighted by Crippen LogP contribution is 2.24. The molecule has 0 radical (unpaired) electrons. The molecule has 1 aromatic heterocycles. The van der Waals surface area contributed by atoms with Crippen molar-refractivity contribution in [1.29, 1.82) is 5.26 Å². The van der Waals surface area contributed by atoms with Crippen molar-refractivity contribution < 1.29 is 13.2 Å². The predicted octanol–water partition coefficient (Wildman–Crippen LogP) is 2.88. The third-order valence-corrected chi connectivity index (χ3v) is 1.83. The molecule has 0 spiro atoms. The summed E-state index contributed by atoms with van der Waals surface area (Å²) in [5.41, 5.74) is -0.882. The molecule has 0 aliphatic heterocycles. The van der Waals surface area contributed by atoms with Crippen LogP contribution in [0.4, 0.5) is 13.2 Å². The van der Waals surface area contributed by atoms with E-state index in [1.165, 1.54) is 0 Å². The number of hydrogen-bond acceptors (Lipinski definition) is 2. The van der Waals surface area contributed by atoms with Gasteiger partial charge in [-0.25, -0.2) is 18.2 Å². The van der Waals surface area contributed by atoms with Crippen LogP contribution in [0.15, 0.2) is 6.07 Å². The van der Waals surface area contributed by atoms with Crippen molar-refractivity contribution in [3.63, 3.8) is 0 Å². The molecule has 0 N–H and O–H groups in total. The number of aromatic nitrogens is 1. The van der Waals surface area contributed by atoms with Crippen LogP contribution in [0.2, 0.25) is 5.15 Å². The highest BCUT2D eigenvalue weighted by Gasteiger charge is 2.17. The zero-order valence-corrected chi connectivity index (χ0v) is 7.52. The number of hydrogen-bond donors (Lipinski definition) is 0. The molecule has 0 aromatic carbocycles. The lowest BCUT2D eigenvalue weighted by Crippen LogP contribution is -1.99. The van der Waals surface area contributed by atoms with E-state index < -0.39 is 17.9 Å². The minimum absolute atomic E-state index is 0.107. The predicted molar refractivity (Wildman–Crippen MR) is 43.5 cm³/mol. The van der Waals surface area contributed by atoms with E-state index in [1.807, 2.05) is 0 Å². The first-order valence-corrected chi connectivity index (χ1v) is 3.94. The van der Waals surface area contributed by atoms with E-state index >= 15 is 0 Å². The van der Waals surface area contributed by atoms with Crippen LogP contribution in [0.5, 0.6) is 0 Å². The van der Waals surface area contributed by atoms with E-state index in [0.29, 0.717) is 0 Å². The lowest BCUT2D eigenvalue weighted by Gasteiger charge is -2.04. The van der Waals surface area contributed by atoms with E-state index in [0.717, 1.165) is 6.07 Å². The zero-order valence-electron chi connectivity index (χ0n) is 6.77. The number of nitriles is 1. The summed E-state index contributed by atoms with van der Waals surface area (Å²) in [6.45, 7) is 0. The van der Waals surface area contributed by atoms with E-state index in [9.17, 15) is 13.2 Å². The van der Waals surface area contributed by atoms with Gasteiger partial charge in [-0.05, 0) is 6.07 Å². The molecule has 0 saturated carbocycles. The van der Waals surface area contributed by atoms with Crippen LogP contribution in [-0.4, -0.2) is 4.98 Å². The Hall–Kier alpha value is -1.28. The van der Waals surface area contributed by atoms with Gasteiger partial charge >= 0.3 is 0 Å². The molecule has 1 heterocycles. The molecule has 0 atom stereocenters. The molecule has 6 heteroatoms. The van der Waals surface area contributed by atoms with Gasteiger partial charge in [-0.2, -0.15) is 5.26 Å². The van der Waals surface area contributed by atoms with Crippen molar-refractivity contribution in [3.05, 3.63) is 28.3 Å². The lowest BCUT2D eigenvalue weighted by molar-refractivity contribution is 0.140. The van der Waals surface area contributed by atoms with Gasteiger partial charge in [0.2, 0.25) is 0 Å². The molecule has 0 fully saturated rings. The Morgan fingerprint density at radius 2 is 2.21 bits per heavy atom. The lowest BCUT2D eigenvalue weighted by atomic mass is 10.2. The normalized spacial score (nSPS) is 10.3. The molecule has 0 aliphatic carbocycles. The van der Waals surface area contributed by atoms with Crippen LogP contribution in [0.3, 0.4) is 0 Å². The third-order valence-electron chi connectivity index (χ3n) is 1.51. The van der Waals surface area contributed by atoms with E-state index in [2.05, 4.69) is 4.98 Å². The van der Waals surface area contributed by atoms with Crippen molar-refractivity contribution >= 4 is 11.6 Å². The maximum Gasteiger partial charge on any atom is 0.283 e. The highest BCUT2D eigenvalue weighted by atomic mass is 35.5. The Morgan fingerprint density at radius 3 is 2.71 bits per heavy atom. The molecule has 0 amide bonds. The summed E-state index contributed by atoms with van der Waals surface area (Å²) < 4.78 is 37.1. The van der Waals surface area contributed by atoms with Crippen molar-refractivity contribution in [1.82, 2.24) is 4.98 Å². The van der Waals surface area contributed by atoms with E-state index in [-0.39, 0.29) is 17.1 Å². The van der Waals surface area contributed by atoms with Gasteiger partial charge in [0, 0.05) is 5.56 Å². The van der Waals surface area contributed by atoms with Crippen molar-refractivity contribution in [3.8, 4) is 6.07 Å². The summed E-state index contributed by atoms with van der Waals surface area (Å²) in [5.74, 6) is -1.14. The summed E-state index contributed by atoms with van der Waals surface area (Å²) in [6.07, 6.45) is -3.17. The van der Waals surface area contributed by atoms with E-state index in [1.54, 1.807) is 6.07 Å². The van der Waals surface area contributed by atoms with Crippen LogP contribution in [-0.2, 0) is 6.42 Å². The molecular weight excluding hydrogens is 217 g/mol. The molecule has 0 aliphatic rings. The van der Waals surface area contributed by atoms with Crippen LogP contribution >= 0.6 is 11.6 Å². The Balaban J connectivity index is 3.18. The number of halogens is 4. The molecular formula is C8H4ClF3N2. The van der Waals surface area contributed by atoms with Gasteiger partial charge in [-0.15, -0.1) is 0 Å². The minimum Gasteiger partial charge on any atom is -0.232 e. The molecule has 74 valence electrons. The Kier molecular flexibility index (Phi) is 3.31. The minimum atomic E-state index is -3.01. The van der Waals surface area contributed by atoms with Crippen LogP contribution in [0.1, 0.15) is 17.7 Å². The van der Waals surface area contributed by atoms with Crippen molar-refractivity contribution in [2.75, 3.05) is 0 Å². The van der Waals surface area contributed by atoms with Gasteiger partial charge in [0.05, 0.1) is 12.5 Å². The highest BCUT2D eigenvalue weighted by molar-refractivity contribution is 6.30. The van der Waals surface area contributed by atoms with Gasteiger partial charge < -0.3 is 0 Å². The second kappa shape index (κ2) is 4.29.